The van der Waals surface area contributed by atoms with Gasteiger partial charge in [-0.25, -0.2) is 4.79 Å². The Kier molecular flexibility index (Phi) is 4.73. The number of nitrogens with one attached hydrogen (secondary N) is 2. The lowest BCUT2D eigenvalue weighted by Crippen LogP contribution is -2.42. The zero-order valence-electron chi connectivity index (χ0n) is 10.5. The largest absolute Gasteiger partial charge is 0.481 e. The van der Waals surface area contributed by atoms with Crippen LogP contribution in [0.15, 0.2) is 18.2 Å². The van der Waals surface area contributed by atoms with Gasteiger partial charge in [0.2, 0.25) is 0 Å². The summed E-state index contributed by atoms with van der Waals surface area (Å²) in [7, 11) is 0. The third kappa shape index (κ3) is 3.55. The number of rotatable bonds is 3. The first-order valence-corrected chi connectivity index (χ1v) is 6.98. The van der Waals surface area contributed by atoms with Gasteiger partial charge >= 0.3 is 12.0 Å². The third-order valence-corrected chi connectivity index (χ3v) is 4.07. The minimum atomic E-state index is -0.873. The summed E-state index contributed by atoms with van der Waals surface area (Å²) >= 11 is 11.6. The van der Waals surface area contributed by atoms with Crippen molar-refractivity contribution in [3.05, 3.63) is 28.2 Å². The van der Waals surface area contributed by atoms with Crippen molar-refractivity contribution in [3.63, 3.8) is 0 Å². The van der Waals surface area contributed by atoms with E-state index < -0.39 is 17.9 Å². The molecule has 3 N–H and O–H groups in total. The Balaban J connectivity index is 1.95. The molecule has 20 heavy (non-hydrogen) atoms. The Morgan fingerprint density at radius 2 is 1.95 bits per heavy atom. The molecule has 108 valence electrons. The van der Waals surface area contributed by atoms with Gasteiger partial charge in [0.25, 0.3) is 0 Å². The number of carbonyl (C=O) groups excluding carboxylic acids is 1. The molecule has 7 heteroatoms. The van der Waals surface area contributed by atoms with Crippen molar-refractivity contribution in [1.29, 1.82) is 0 Å². The maximum Gasteiger partial charge on any atom is 0.319 e. The van der Waals surface area contributed by atoms with E-state index in [2.05, 4.69) is 10.6 Å². The van der Waals surface area contributed by atoms with Crippen LogP contribution in [0.25, 0.3) is 0 Å². The minimum absolute atomic E-state index is 0.338. The Hall–Kier alpha value is -1.46. The van der Waals surface area contributed by atoms with E-state index in [-0.39, 0.29) is 6.04 Å². The monoisotopic (exact) mass is 316 g/mol. The molecule has 1 aromatic rings. The number of urea groups is 1. The van der Waals surface area contributed by atoms with Crippen molar-refractivity contribution in [3.8, 4) is 0 Å². The molecule has 1 fully saturated rings. The zero-order chi connectivity index (χ0) is 14.7. The number of aliphatic carboxylic acids is 1. The molecule has 0 saturated heterocycles. The van der Waals surface area contributed by atoms with Crippen molar-refractivity contribution in [2.24, 2.45) is 5.92 Å². The molecule has 1 aliphatic carbocycles. The van der Waals surface area contributed by atoms with E-state index in [9.17, 15) is 9.59 Å². The van der Waals surface area contributed by atoms with Gasteiger partial charge in [0, 0.05) is 11.7 Å². The molecule has 0 bridgehead atoms. The molecular formula is C13H14Cl2N2O3. The van der Waals surface area contributed by atoms with Gasteiger partial charge in [-0.2, -0.15) is 0 Å². The highest BCUT2D eigenvalue weighted by molar-refractivity contribution is 6.42. The van der Waals surface area contributed by atoms with Crippen molar-refractivity contribution in [1.82, 2.24) is 5.32 Å². The summed E-state index contributed by atoms with van der Waals surface area (Å²) in [6.45, 7) is 0. The summed E-state index contributed by atoms with van der Waals surface area (Å²) in [5.74, 6) is -1.39. The van der Waals surface area contributed by atoms with Crippen LogP contribution in [-0.4, -0.2) is 23.1 Å². The molecule has 2 unspecified atom stereocenters. The summed E-state index contributed by atoms with van der Waals surface area (Å²) in [4.78, 5) is 22.9. The van der Waals surface area contributed by atoms with Crippen LogP contribution in [-0.2, 0) is 4.79 Å². The number of carboxylic acids is 1. The number of amides is 2. The molecule has 5 nitrogen and oxygen atoms in total. The standard InChI is InChI=1S/C13H14Cl2N2O3/c14-9-5-4-7(6-10(9)15)16-13(20)17-11-3-1-2-8(11)12(18)19/h4-6,8,11H,1-3H2,(H,18,19)(H2,16,17,20). The average molecular weight is 317 g/mol. The molecule has 1 aromatic carbocycles. The highest BCUT2D eigenvalue weighted by atomic mass is 35.5. The summed E-state index contributed by atoms with van der Waals surface area (Å²) in [6.07, 6.45) is 2.06. The fraction of sp³-hybridized carbons (Fsp3) is 0.385. The average Bonchev–Trinajstić information content (AvgIpc) is 2.82. The molecule has 2 amide bonds. The van der Waals surface area contributed by atoms with E-state index in [1.165, 1.54) is 6.07 Å². The van der Waals surface area contributed by atoms with E-state index in [0.717, 1.165) is 6.42 Å². The smallest absolute Gasteiger partial charge is 0.319 e. The molecule has 0 radical (unpaired) electrons. The summed E-state index contributed by atoms with van der Waals surface area (Å²) < 4.78 is 0. The van der Waals surface area contributed by atoms with Crippen molar-refractivity contribution < 1.29 is 14.7 Å². The normalized spacial score (nSPS) is 21.5. The van der Waals surface area contributed by atoms with Crippen molar-refractivity contribution >= 4 is 40.9 Å². The van der Waals surface area contributed by atoms with Gasteiger partial charge in [-0.3, -0.25) is 4.79 Å². The fourth-order valence-electron chi connectivity index (χ4n) is 2.34. The van der Waals surface area contributed by atoms with Gasteiger partial charge in [-0.05, 0) is 31.0 Å². The van der Waals surface area contributed by atoms with E-state index in [0.29, 0.717) is 28.6 Å². The molecule has 1 aliphatic rings. The first-order valence-electron chi connectivity index (χ1n) is 6.23. The van der Waals surface area contributed by atoms with Crippen LogP contribution in [0, 0.1) is 5.92 Å². The first kappa shape index (κ1) is 14.9. The van der Waals surface area contributed by atoms with Crippen LogP contribution in [0.1, 0.15) is 19.3 Å². The number of anilines is 1. The van der Waals surface area contributed by atoms with Crippen molar-refractivity contribution in [2.45, 2.75) is 25.3 Å². The van der Waals surface area contributed by atoms with Gasteiger partial charge in [0.15, 0.2) is 0 Å². The fourth-order valence-corrected chi connectivity index (χ4v) is 2.64. The van der Waals surface area contributed by atoms with Gasteiger partial charge in [0.1, 0.15) is 0 Å². The molecule has 0 aliphatic heterocycles. The van der Waals surface area contributed by atoms with E-state index in [4.69, 9.17) is 28.3 Å². The lowest BCUT2D eigenvalue weighted by molar-refractivity contribution is -0.142. The van der Waals surface area contributed by atoms with E-state index >= 15 is 0 Å². The Morgan fingerprint density at radius 3 is 2.60 bits per heavy atom. The number of halogens is 2. The predicted molar refractivity (Wildman–Crippen MR) is 77.4 cm³/mol. The van der Waals surface area contributed by atoms with Crippen LogP contribution in [0.4, 0.5) is 10.5 Å². The maximum atomic E-state index is 11.8. The molecule has 2 atom stereocenters. The first-order chi connectivity index (χ1) is 9.47. The van der Waals surface area contributed by atoms with Gasteiger partial charge < -0.3 is 15.7 Å². The van der Waals surface area contributed by atoms with E-state index in [1.54, 1.807) is 12.1 Å². The summed E-state index contributed by atoms with van der Waals surface area (Å²) in [6, 6.07) is 3.95. The zero-order valence-corrected chi connectivity index (χ0v) is 12.0. The molecule has 0 heterocycles. The van der Waals surface area contributed by atoms with Crippen LogP contribution in [0.3, 0.4) is 0 Å². The lowest BCUT2D eigenvalue weighted by Gasteiger charge is -2.18. The molecule has 2 rings (SSSR count). The Morgan fingerprint density at radius 1 is 1.20 bits per heavy atom. The van der Waals surface area contributed by atoms with Crippen LogP contribution >= 0.6 is 23.2 Å². The van der Waals surface area contributed by atoms with Crippen LogP contribution in [0.5, 0.6) is 0 Å². The molecule has 1 saturated carbocycles. The number of carboxylic acid groups (broad SMARTS) is 1. The number of hydrogen-bond donors (Lipinski definition) is 3. The quantitative estimate of drug-likeness (QED) is 0.800. The highest BCUT2D eigenvalue weighted by Gasteiger charge is 2.33. The number of benzene rings is 1. The van der Waals surface area contributed by atoms with Crippen LogP contribution in [0.2, 0.25) is 10.0 Å². The molecular weight excluding hydrogens is 303 g/mol. The van der Waals surface area contributed by atoms with Gasteiger partial charge in [-0.15, -0.1) is 0 Å². The van der Waals surface area contributed by atoms with Crippen LogP contribution < -0.4 is 10.6 Å². The van der Waals surface area contributed by atoms with Crippen molar-refractivity contribution in [2.75, 3.05) is 5.32 Å². The minimum Gasteiger partial charge on any atom is -0.481 e. The summed E-state index contributed by atoms with van der Waals surface area (Å²) in [5, 5.41) is 15.1. The maximum absolute atomic E-state index is 11.8. The SMILES string of the molecule is O=C(Nc1ccc(Cl)c(Cl)c1)NC1CCCC1C(=O)O. The van der Waals surface area contributed by atoms with Gasteiger partial charge in [0.05, 0.1) is 16.0 Å². The van der Waals surface area contributed by atoms with Gasteiger partial charge in [-0.1, -0.05) is 29.6 Å². The molecule has 0 spiro atoms. The second kappa shape index (κ2) is 6.33. The topological polar surface area (TPSA) is 78.4 Å². The Bertz CT molecular complexity index is 536. The lowest BCUT2D eigenvalue weighted by atomic mass is 10.0. The number of carbonyl (C=O) groups is 2. The number of hydrogen-bond acceptors (Lipinski definition) is 2. The Labute approximate surface area is 126 Å². The predicted octanol–water partition coefficient (Wildman–Crippen LogP) is 3.37. The second-order valence-electron chi connectivity index (χ2n) is 4.71. The second-order valence-corrected chi connectivity index (χ2v) is 5.52. The van der Waals surface area contributed by atoms with E-state index in [1.807, 2.05) is 0 Å². The molecule has 0 aromatic heterocycles. The highest BCUT2D eigenvalue weighted by Crippen LogP contribution is 2.27. The summed E-state index contributed by atoms with van der Waals surface area (Å²) in [5.41, 5.74) is 0.502. The third-order valence-electron chi connectivity index (χ3n) is 3.33.